The van der Waals surface area contributed by atoms with E-state index in [0.717, 1.165) is 28.2 Å². The topological polar surface area (TPSA) is 18.5 Å². The lowest BCUT2D eigenvalue weighted by Gasteiger charge is -2.10. The lowest BCUT2D eigenvalue weighted by molar-refractivity contribution is 0.411. The van der Waals surface area contributed by atoms with Gasteiger partial charge >= 0.3 is 0 Å². The molecule has 0 N–H and O–H groups in total. The van der Waals surface area contributed by atoms with E-state index in [1.54, 1.807) is 21.1 Å². The van der Waals surface area contributed by atoms with Crippen molar-refractivity contribution < 1.29 is 18.3 Å². The van der Waals surface area contributed by atoms with Crippen molar-refractivity contribution in [1.29, 1.82) is 0 Å². The average molecular weight is 667 g/mol. The monoisotopic (exact) mass is 666 g/mol. The Bertz CT molecular complexity index is 1460. The second kappa shape index (κ2) is 20.1. The van der Waals surface area contributed by atoms with E-state index in [1.807, 2.05) is 39.0 Å². The molecule has 0 aliphatic heterocycles. The molecule has 0 heterocycles. The summed E-state index contributed by atoms with van der Waals surface area (Å²) in [6, 6.07) is 21.2. The molecule has 0 aliphatic rings. The highest BCUT2D eigenvalue weighted by molar-refractivity contribution is 6.31. The maximum Gasteiger partial charge on any atom is 0.129 e. The van der Waals surface area contributed by atoms with Gasteiger partial charge in [0.25, 0.3) is 0 Å². The third-order valence-corrected chi connectivity index (χ3v) is 8.32. The number of aryl methyl sites for hydroxylation is 4. The van der Waals surface area contributed by atoms with Gasteiger partial charge in [-0.05, 0) is 120 Å². The normalized spacial score (nSPS) is 10.6. The van der Waals surface area contributed by atoms with Crippen LogP contribution in [-0.4, -0.2) is 14.2 Å². The first-order chi connectivity index (χ1) is 21.9. The van der Waals surface area contributed by atoms with E-state index in [1.165, 1.54) is 33.9 Å². The van der Waals surface area contributed by atoms with Crippen LogP contribution >= 0.6 is 11.6 Å². The molecule has 4 aromatic rings. The van der Waals surface area contributed by atoms with E-state index in [4.69, 9.17) is 21.1 Å². The fourth-order valence-electron chi connectivity index (χ4n) is 4.99. The highest BCUT2D eigenvalue weighted by Gasteiger charge is 2.11. The minimum absolute atomic E-state index is 0.102. The largest absolute Gasteiger partial charge is 0.496 e. The van der Waals surface area contributed by atoms with E-state index in [0.29, 0.717) is 28.9 Å². The molecular formula is C42H57ClF2O2. The number of ether oxygens (including phenoxy) is 2. The first-order valence-corrected chi connectivity index (χ1v) is 16.8. The molecule has 4 rings (SSSR count). The van der Waals surface area contributed by atoms with Crippen LogP contribution in [0.4, 0.5) is 8.78 Å². The molecule has 0 amide bonds. The Labute approximate surface area is 289 Å². The second-order valence-electron chi connectivity index (χ2n) is 13.2. The van der Waals surface area contributed by atoms with Crippen LogP contribution in [0.25, 0.3) is 0 Å². The molecule has 0 unspecified atom stereocenters. The van der Waals surface area contributed by atoms with Crippen LogP contribution in [0, 0.1) is 39.3 Å². The summed E-state index contributed by atoms with van der Waals surface area (Å²) in [6.07, 6.45) is 0. The molecule has 0 saturated heterocycles. The van der Waals surface area contributed by atoms with Crippen molar-refractivity contribution >= 4 is 11.6 Å². The Hall–Kier alpha value is -3.37. The first-order valence-electron chi connectivity index (χ1n) is 16.4. The minimum atomic E-state index is -0.505. The van der Waals surface area contributed by atoms with E-state index in [9.17, 15) is 8.78 Å². The third kappa shape index (κ3) is 13.7. The molecule has 4 aromatic carbocycles. The molecule has 5 heteroatoms. The first kappa shape index (κ1) is 41.7. The summed E-state index contributed by atoms with van der Waals surface area (Å²) >= 11 is 5.89. The summed E-state index contributed by atoms with van der Waals surface area (Å²) in [7, 11) is 3.41. The van der Waals surface area contributed by atoms with Gasteiger partial charge in [0.05, 0.1) is 14.2 Å². The summed E-state index contributed by atoms with van der Waals surface area (Å²) in [5.41, 5.74) is 8.97. The standard InChI is InChI=1S/2C11H16O.C10H13Cl.C10H12F2/c2*1-8(2)10-5-6-11(12-4)9(3)7-10;1-7(2)9-4-5-10(11)8(3)6-9;1-6(2)10-7(3)4-8(11)5-9(10)12/h2*5-8H,1-4H3;4-7H,1-3H3;4-6H,1-3H3. The van der Waals surface area contributed by atoms with Gasteiger partial charge in [0.1, 0.15) is 23.1 Å². The number of halogens is 3. The molecule has 2 nitrogen and oxygen atoms in total. The molecule has 0 aliphatic carbocycles. The summed E-state index contributed by atoms with van der Waals surface area (Å²) in [5, 5.41) is 0.856. The zero-order valence-corrected chi connectivity index (χ0v) is 31.9. The van der Waals surface area contributed by atoms with Crippen LogP contribution in [-0.2, 0) is 0 Å². The molecule has 0 saturated carbocycles. The van der Waals surface area contributed by atoms with Gasteiger partial charge < -0.3 is 9.47 Å². The smallest absolute Gasteiger partial charge is 0.129 e. The molecule has 0 atom stereocenters. The van der Waals surface area contributed by atoms with Gasteiger partial charge in [-0.2, -0.15) is 0 Å². The van der Waals surface area contributed by atoms with Gasteiger partial charge in [0.15, 0.2) is 0 Å². The summed E-state index contributed by atoms with van der Waals surface area (Å²) in [6.45, 7) is 24.8. The highest BCUT2D eigenvalue weighted by atomic mass is 35.5. The predicted molar refractivity (Wildman–Crippen MR) is 199 cm³/mol. The summed E-state index contributed by atoms with van der Waals surface area (Å²) < 4.78 is 36.1. The number of hydrogen-bond acceptors (Lipinski definition) is 2. The molecule has 47 heavy (non-hydrogen) atoms. The van der Waals surface area contributed by atoms with Gasteiger partial charge in [-0.15, -0.1) is 0 Å². The predicted octanol–water partition coefficient (Wildman–Crippen LogP) is 13.4. The molecule has 0 bridgehead atoms. The molecule has 0 radical (unpaired) electrons. The number of rotatable bonds is 6. The quantitative estimate of drug-likeness (QED) is 0.204. The second-order valence-corrected chi connectivity index (χ2v) is 13.6. The molecule has 0 aromatic heterocycles. The zero-order chi connectivity index (χ0) is 36.0. The van der Waals surface area contributed by atoms with Crippen molar-refractivity contribution in [3.05, 3.63) is 128 Å². The molecule has 0 fully saturated rings. The SMILES string of the molecule is COc1ccc(C(C)C)cc1C.COc1ccc(C(C)C)cc1C.Cc1cc(C(C)C)ccc1Cl.Cc1cc(F)cc(F)c1C(C)C. The Kier molecular flexibility index (Phi) is 17.8. The zero-order valence-electron chi connectivity index (χ0n) is 31.1. The summed E-state index contributed by atoms with van der Waals surface area (Å²) in [4.78, 5) is 0. The average Bonchev–Trinajstić information content (AvgIpc) is 2.98. The van der Waals surface area contributed by atoms with Gasteiger partial charge in [-0.25, -0.2) is 8.78 Å². The molecule has 0 spiro atoms. The lowest BCUT2D eigenvalue weighted by atomic mass is 9.97. The fourth-order valence-corrected chi connectivity index (χ4v) is 5.11. The Morgan fingerprint density at radius 2 is 0.872 bits per heavy atom. The van der Waals surface area contributed by atoms with E-state index in [-0.39, 0.29) is 5.92 Å². The molecule has 258 valence electrons. The van der Waals surface area contributed by atoms with Crippen molar-refractivity contribution in [2.45, 2.75) is 107 Å². The van der Waals surface area contributed by atoms with E-state index < -0.39 is 11.6 Å². The fraction of sp³-hybridized carbons (Fsp3) is 0.429. The van der Waals surface area contributed by atoms with Crippen LogP contribution in [0.1, 0.15) is 124 Å². The van der Waals surface area contributed by atoms with Gasteiger partial charge in [-0.3, -0.25) is 0 Å². The van der Waals surface area contributed by atoms with E-state index in [2.05, 4.69) is 91.8 Å². The van der Waals surface area contributed by atoms with Crippen molar-refractivity contribution in [3.8, 4) is 11.5 Å². The van der Waals surface area contributed by atoms with Crippen molar-refractivity contribution in [3.63, 3.8) is 0 Å². The van der Waals surface area contributed by atoms with Crippen molar-refractivity contribution in [1.82, 2.24) is 0 Å². The van der Waals surface area contributed by atoms with Crippen LogP contribution in [0.2, 0.25) is 5.02 Å². The number of benzene rings is 4. The van der Waals surface area contributed by atoms with Crippen LogP contribution < -0.4 is 9.47 Å². The van der Waals surface area contributed by atoms with Gasteiger partial charge in [-0.1, -0.05) is 103 Å². The van der Waals surface area contributed by atoms with Gasteiger partial charge in [0, 0.05) is 11.1 Å². The lowest BCUT2D eigenvalue weighted by Crippen LogP contribution is -1.97. The maximum absolute atomic E-state index is 13.1. The number of hydrogen-bond donors (Lipinski definition) is 0. The summed E-state index contributed by atoms with van der Waals surface area (Å²) in [5.74, 6) is 2.87. The van der Waals surface area contributed by atoms with Crippen LogP contribution in [0.3, 0.4) is 0 Å². The Balaban J connectivity index is 0.000000314. The van der Waals surface area contributed by atoms with E-state index >= 15 is 0 Å². The van der Waals surface area contributed by atoms with Crippen molar-refractivity contribution in [2.24, 2.45) is 0 Å². The number of methoxy groups -OCH3 is 2. The third-order valence-electron chi connectivity index (χ3n) is 7.90. The van der Waals surface area contributed by atoms with Crippen LogP contribution in [0.5, 0.6) is 11.5 Å². The van der Waals surface area contributed by atoms with Gasteiger partial charge in [0.2, 0.25) is 0 Å². The van der Waals surface area contributed by atoms with Crippen molar-refractivity contribution in [2.75, 3.05) is 14.2 Å². The maximum atomic E-state index is 13.1. The minimum Gasteiger partial charge on any atom is -0.496 e. The Morgan fingerprint density at radius 3 is 1.17 bits per heavy atom. The molecular weight excluding hydrogens is 610 g/mol. The Morgan fingerprint density at radius 1 is 0.489 bits per heavy atom. The van der Waals surface area contributed by atoms with Crippen LogP contribution in [0.15, 0.2) is 66.7 Å². The highest BCUT2D eigenvalue weighted by Crippen LogP contribution is 2.25.